The van der Waals surface area contributed by atoms with E-state index in [0.717, 1.165) is 48.0 Å². The van der Waals surface area contributed by atoms with E-state index in [0.29, 0.717) is 18.7 Å². The van der Waals surface area contributed by atoms with E-state index in [1.807, 2.05) is 24.3 Å². The second kappa shape index (κ2) is 8.58. The molecule has 1 aromatic carbocycles. The SMILES string of the molecule is O=C(COc1ccc2oc3c(c2c1)CCCC3)N(Cc1cccnc1)[C@H]1CCS(=O)(=O)C1. The van der Waals surface area contributed by atoms with Crippen LogP contribution in [0, 0.1) is 0 Å². The fourth-order valence-electron chi connectivity index (χ4n) is 4.69. The standard InChI is InChI=1S/C24H26N2O5S/c27-24(26(14-17-4-3-10-25-13-17)18-9-11-32(28,29)16-18)15-30-19-7-8-23-21(12-19)20-5-1-2-6-22(20)31-23/h3-4,7-8,10,12-13,18H,1-2,5-6,9,11,14-16H2/t18-/m0/s1. The molecule has 1 atom stereocenters. The smallest absolute Gasteiger partial charge is 0.261 e. The number of furan rings is 1. The van der Waals surface area contributed by atoms with Crippen molar-refractivity contribution in [2.45, 2.75) is 44.7 Å². The summed E-state index contributed by atoms with van der Waals surface area (Å²) in [4.78, 5) is 18.9. The highest BCUT2D eigenvalue weighted by Gasteiger charge is 2.35. The van der Waals surface area contributed by atoms with Gasteiger partial charge in [-0.05, 0) is 55.5 Å². The molecule has 8 heteroatoms. The lowest BCUT2D eigenvalue weighted by atomic mass is 9.96. The normalized spacial score (nSPS) is 19.6. The molecule has 168 valence electrons. The fourth-order valence-corrected chi connectivity index (χ4v) is 6.42. The topological polar surface area (TPSA) is 89.7 Å². The number of aromatic nitrogens is 1. The van der Waals surface area contributed by atoms with Gasteiger partial charge in [-0.25, -0.2) is 8.42 Å². The molecule has 0 saturated carbocycles. The summed E-state index contributed by atoms with van der Waals surface area (Å²) in [6.07, 6.45) is 8.07. The van der Waals surface area contributed by atoms with Crippen molar-refractivity contribution in [3.63, 3.8) is 0 Å². The molecule has 1 fully saturated rings. The second-order valence-electron chi connectivity index (χ2n) is 8.60. The van der Waals surface area contributed by atoms with Crippen LogP contribution in [0.5, 0.6) is 5.75 Å². The Balaban J connectivity index is 1.33. The summed E-state index contributed by atoms with van der Waals surface area (Å²) in [5, 5.41) is 1.05. The average molecular weight is 455 g/mol. The van der Waals surface area contributed by atoms with Gasteiger partial charge in [0.2, 0.25) is 0 Å². The van der Waals surface area contributed by atoms with Gasteiger partial charge in [0.1, 0.15) is 17.1 Å². The summed E-state index contributed by atoms with van der Waals surface area (Å²) < 4.78 is 35.9. The Labute approximate surface area is 187 Å². The van der Waals surface area contributed by atoms with Crippen molar-refractivity contribution >= 4 is 26.7 Å². The molecule has 3 aromatic rings. The first-order chi connectivity index (χ1) is 15.5. The molecule has 2 aromatic heterocycles. The number of fused-ring (bicyclic) bond motifs is 3. The number of ether oxygens (including phenoxy) is 1. The molecule has 1 aliphatic heterocycles. The number of hydrogen-bond donors (Lipinski definition) is 0. The largest absolute Gasteiger partial charge is 0.484 e. The number of hydrogen-bond acceptors (Lipinski definition) is 6. The summed E-state index contributed by atoms with van der Waals surface area (Å²) in [6, 6.07) is 9.00. The number of nitrogens with zero attached hydrogens (tertiary/aromatic N) is 2. The van der Waals surface area contributed by atoms with Gasteiger partial charge in [0, 0.05) is 42.4 Å². The van der Waals surface area contributed by atoms with E-state index >= 15 is 0 Å². The third-order valence-corrected chi connectivity index (χ3v) is 8.08. The van der Waals surface area contributed by atoms with E-state index in [9.17, 15) is 13.2 Å². The van der Waals surface area contributed by atoms with E-state index in [1.165, 1.54) is 5.56 Å². The number of aryl methyl sites for hydroxylation is 2. The Bertz CT molecular complexity index is 1240. The van der Waals surface area contributed by atoms with Crippen LogP contribution in [0.4, 0.5) is 0 Å². The molecule has 3 heterocycles. The van der Waals surface area contributed by atoms with Crippen LogP contribution in [0.2, 0.25) is 0 Å². The maximum atomic E-state index is 13.1. The van der Waals surface area contributed by atoms with E-state index in [1.54, 1.807) is 23.4 Å². The molecule has 1 amide bonds. The Kier molecular flexibility index (Phi) is 5.63. The number of carbonyl (C=O) groups is 1. The van der Waals surface area contributed by atoms with Crippen molar-refractivity contribution < 1.29 is 22.4 Å². The molecule has 0 unspecified atom stereocenters. The van der Waals surface area contributed by atoms with Crippen LogP contribution >= 0.6 is 0 Å². The quantitative estimate of drug-likeness (QED) is 0.568. The molecule has 0 radical (unpaired) electrons. The van der Waals surface area contributed by atoms with E-state index in [2.05, 4.69) is 4.98 Å². The lowest BCUT2D eigenvalue weighted by Gasteiger charge is -2.28. The highest BCUT2D eigenvalue weighted by Crippen LogP contribution is 2.34. The minimum atomic E-state index is -3.12. The third kappa shape index (κ3) is 4.37. The van der Waals surface area contributed by atoms with Gasteiger partial charge >= 0.3 is 0 Å². The van der Waals surface area contributed by atoms with Crippen LogP contribution in [-0.2, 0) is 34.0 Å². The van der Waals surface area contributed by atoms with Crippen LogP contribution in [0.25, 0.3) is 11.0 Å². The minimum Gasteiger partial charge on any atom is -0.484 e. The molecule has 32 heavy (non-hydrogen) atoms. The number of amides is 1. The maximum absolute atomic E-state index is 13.1. The first-order valence-corrected chi connectivity index (χ1v) is 12.9. The van der Waals surface area contributed by atoms with E-state index in [4.69, 9.17) is 9.15 Å². The molecule has 7 nitrogen and oxygen atoms in total. The number of carbonyl (C=O) groups excluding carboxylic acids is 1. The van der Waals surface area contributed by atoms with Gasteiger partial charge in [-0.2, -0.15) is 0 Å². The van der Waals surface area contributed by atoms with Crippen LogP contribution < -0.4 is 4.74 Å². The zero-order chi connectivity index (χ0) is 22.1. The molecule has 0 bridgehead atoms. The highest BCUT2D eigenvalue weighted by atomic mass is 32.2. The Morgan fingerprint density at radius 2 is 2.09 bits per heavy atom. The second-order valence-corrected chi connectivity index (χ2v) is 10.8. The summed E-state index contributed by atoms with van der Waals surface area (Å²) in [7, 11) is -3.12. The van der Waals surface area contributed by atoms with Crippen molar-refractivity contribution in [3.8, 4) is 5.75 Å². The van der Waals surface area contributed by atoms with Crippen LogP contribution in [0.15, 0.2) is 47.1 Å². The van der Waals surface area contributed by atoms with Gasteiger partial charge in [-0.1, -0.05) is 6.07 Å². The lowest BCUT2D eigenvalue weighted by molar-refractivity contribution is -0.136. The zero-order valence-electron chi connectivity index (χ0n) is 17.8. The predicted molar refractivity (Wildman–Crippen MR) is 120 cm³/mol. The summed E-state index contributed by atoms with van der Waals surface area (Å²) >= 11 is 0. The summed E-state index contributed by atoms with van der Waals surface area (Å²) in [5.41, 5.74) is 2.96. The number of pyridine rings is 1. The predicted octanol–water partition coefficient (Wildman–Crippen LogP) is 3.30. The molecule has 0 N–H and O–H groups in total. The number of sulfone groups is 1. The highest BCUT2D eigenvalue weighted by molar-refractivity contribution is 7.91. The molecule has 0 spiro atoms. The van der Waals surface area contributed by atoms with Crippen molar-refractivity contribution in [2.75, 3.05) is 18.1 Å². The Morgan fingerprint density at radius 3 is 2.88 bits per heavy atom. The van der Waals surface area contributed by atoms with Crippen molar-refractivity contribution in [3.05, 3.63) is 59.6 Å². The molecule has 2 aliphatic rings. The van der Waals surface area contributed by atoms with Crippen molar-refractivity contribution in [1.29, 1.82) is 0 Å². The number of rotatable bonds is 6. The molecule has 1 saturated heterocycles. The molecular weight excluding hydrogens is 428 g/mol. The van der Waals surface area contributed by atoms with Crippen LogP contribution in [0.3, 0.4) is 0 Å². The van der Waals surface area contributed by atoms with Gasteiger partial charge < -0.3 is 14.1 Å². The lowest BCUT2D eigenvalue weighted by Crippen LogP contribution is -2.43. The van der Waals surface area contributed by atoms with E-state index in [-0.39, 0.29) is 30.1 Å². The third-order valence-electron chi connectivity index (χ3n) is 6.33. The van der Waals surface area contributed by atoms with Crippen molar-refractivity contribution in [2.24, 2.45) is 0 Å². The Morgan fingerprint density at radius 1 is 1.22 bits per heavy atom. The van der Waals surface area contributed by atoms with Crippen LogP contribution in [-0.4, -0.2) is 48.4 Å². The van der Waals surface area contributed by atoms with Gasteiger partial charge in [0.15, 0.2) is 16.4 Å². The summed E-state index contributed by atoms with van der Waals surface area (Å²) in [5.74, 6) is 1.54. The van der Waals surface area contributed by atoms with Gasteiger partial charge in [0.05, 0.1) is 11.5 Å². The Hall–Kier alpha value is -2.87. The first-order valence-electron chi connectivity index (χ1n) is 11.0. The molecule has 5 rings (SSSR count). The minimum absolute atomic E-state index is 0.00782. The zero-order valence-corrected chi connectivity index (χ0v) is 18.6. The fraction of sp³-hybridized carbons (Fsp3) is 0.417. The average Bonchev–Trinajstić information content (AvgIpc) is 3.35. The number of benzene rings is 1. The summed E-state index contributed by atoms with van der Waals surface area (Å²) in [6.45, 7) is 0.160. The monoisotopic (exact) mass is 454 g/mol. The van der Waals surface area contributed by atoms with Crippen LogP contribution in [0.1, 0.15) is 36.1 Å². The van der Waals surface area contributed by atoms with E-state index < -0.39 is 9.84 Å². The van der Waals surface area contributed by atoms with Gasteiger partial charge in [0.25, 0.3) is 5.91 Å². The van der Waals surface area contributed by atoms with Gasteiger partial charge in [-0.15, -0.1) is 0 Å². The maximum Gasteiger partial charge on any atom is 0.261 e. The van der Waals surface area contributed by atoms with Gasteiger partial charge in [-0.3, -0.25) is 9.78 Å². The molecular formula is C24H26N2O5S. The van der Waals surface area contributed by atoms with Crippen molar-refractivity contribution in [1.82, 2.24) is 9.88 Å². The molecule has 1 aliphatic carbocycles. The first kappa shape index (κ1) is 21.0.